The zero-order chi connectivity index (χ0) is 14.1. The Balaban J connectivity index is 2.20. The molecule has 20 heavy (non-hydrogen) atoms. The summed E-state index contributed by atoms with van der Waals surface area (Å²) in [5.74, 6) is 0. The van der Waals surface area contributed by atoms with Crippen LogP contribution in [0.4, 0.5) is 0 Å². The zero-order valence-corrected chi connectivity index (χ0v) is 12.7. The summed E-state index contributed by atoms with van der Waals surface area (Å²) in [5, 5.41) is 11.2. The Morgan fingerprint density at radius 2 is 1.65 bits per heavy atom. The van der Waals surface area contributed by atoms with Crippen LogP contribution < -0.4 is 0 Å². The van der Waals surface area contributed by atoms with Gasteiger partial charge in [0.25, 0.3) is 0 Å². The third-order valence-electron chi connectivity index (χ3n) is 3.55. The lowest BCUT2D eigenvalue weighted by Gasteiger charge is -2.11. The highest BCUT2D eigenvalue weighted by molar-refractivity contribution is 7.98. The third kappa shape index (κ3) is 2.18. The monoisotopic (exact) mass is 280 g/mol. The smallest absolute Gasteiger partial charge is 0.0970 e. The first-order valence-electron chi connectivity index (χ1n) is 6.57. The van der Waals surface area contributed by atoms with Crippen molar-refractivity contribution in [3.05, 3.63) is 53.7 Å². The molecular formula is C17H16N2S. The lowest BCUT2D eigenvalue weighted by molar-refractivity contribution is 0.927. The van der Waals surface area contributed by atoms with E-state index >= 15 is 0 Å². The maximum atomic E-state index is 4.40. The molecule has 0 aliphatic heterocycles. The summed E-state index contributed by atoms with van der Waals surface area (Å²) < 4.78 is 0. The summed E-state index contributed by atoms with van der Waals surface area (Å²) in [4.78, 5) is 1.23. The van der Waals surface area contributed by atoms with Gasteiger partial charge in [0.05, 0.1) is 11.4 Å². The number of hydrogen-bond acceptors (Lipinski definition) is 3. The number of benzene rings is 2. The van der Waals surface area contributed by atoms with Crippen LogP contribution in [0.15, 0.2) is 47.4 Å². The Morgan fingerprint density at radius 3 is 2.40 bits per heavy atom. The van der Waals surface area contributed by atoms with E-state index in [-0.39, 0.29) is 0 Å². The van der Waals surface area contributed by atoms with Crippen molar-refractivity contribution in [2.24, 2.45) is 0 Å². The minimum atomic E-state index is 0.978. The molecule has 0 saturated heterocycles. The van der Waals surface area contributed by atoms with Crippen molar-refractivity contribution in [3.8, 4) is 11.3 Å². The number of thioether (sulfide) groups is 1. The molecule has 0 spiro atoms. The Bertz CT molecular complexity index is 781. The molecule has 0 saturated carbocycles. The quantitative estimate of drug-likeness (QED) is 0.640. The highest BCUT2D eigenvalue weighted by atomic mass is 32.2. The fourth-order valence-electron chi connectivity index (χ4n) is 2.54. The standard InChI is InChI=1S/C17H16N2S/c1-11-16(19-18-12(2)17(11)20-3)15-9-8-13-6-4-5-7-14(13)10-15/h4-10H,1-3H3. The van der Waals surface area contributed by atoms with Gasteiger partial charge in [0.15, 0.2) is 0 Å². The molecule has 0 aliphatic rings. The van der Waals surface area contributed by atoms with Crippen LogP contribution in [0.25, 0.3) is 22.0 Å². The second kappa shape index (κ2) is 5.25. The molecule has 0 N–H and O–H groups in total. The third-order valence-corrected chi connectivity index (χ3v) is 4.56. The summed E-state index contributed by atoms with van der Waals surface area (Å²) in [7, 11) is 0. The molecule has 0 aliphatic carbocycles. The topological polar surface area (TPSA) is 25.8 Å². The average Bonchev–Trinajstić information content (AvgIpc) is 2.47. The molecule has 0 atom stereocenters. The molecule has 1 heterocycles. The maximum Gasteiger partial charge on any atom is 0.0970 e. The molecule has 3 rings (SSSR count). The van der Waals surface area contributed by atoms with Gasteiger partial charge in [0.1, 0.15) is 0 Å². The van der Waals surface area contributed by atoms with Crippen LogP contribution in [0.2, 0.25) is 0 Å². The largest absolute Gasteiger partial charge is 0.154 e. The van der Waals surface area contributed by atoms with E-state index in [1.54, 1.807) is 11.8 Å². The Kier molecular flexibility index (Phi) is 3.45. The number of fused-ring (bicyclic) bond motifs is 1. The normalized spacial score (nSPS) is 10.9. The molecule has 1 aromatic heterocycles. The van der Waals surface area contributed by atoms with E-state index in [1.807, 2.05) is 6.92 Å². The predicted octanol–water partition coefficient (Wildman–Crippen LogP) is 4.64. The van der Waals surface area contributed by atoms with E-state index in [1.165, 1.54) is 21.2 Å². The molecule has 2 aromatic carbocycles. The van der Waals surface area contributed by atoms with E-state index in [0.717, 1.165) is 17.0 Å². The predicted molar refractivity (Wildman–Crippen MR) is 86.2 cm³/mol. The van der Waals surface area contributed by atoms with Gasteiger partial charge in [-0.25, -0.2) is 0 Å². The molecule has 0 radical (unpaired) electrons. The van der Waals surface area contributed by atoms with Gasteiger partial charge in [-0.3, -0.25) is 0 Å². The minimum absolute atomic E-state index is 0.978. The van der Waals surface area contributed by atoms with Crippen LogP contribution in [-0.2, 0) is 0 Å². The van der Waals surface area contributed by atoms with Crippen LogP contribution in [0.5, 0.6) is 0 Å². The fraction of sp³-hybridized carbons (Fsp3) is 0.176. The van der Waals surface area contributed by atoms with Gasteiger partial charge in [-0.2, -0.15) is 5.10 Å². The molecule has 0 amide bonds. The van der Waals surface area contributed by atoms with Crippen molar-refractivity contribution < 1.29 is 0 Å². The fourth-order valence-corrected chi connectivity index (χ4v) is 3.28. The second-order valence-corrected chi connectivity index (χ2v) is 5.67. The number of aryl methyl sites for hydroxylation is 1. The first-order valence-corrected chi connectivity index (χ1v) is 7.80. The van der Waals surface area contributed by atoms with Crippen LogP contribution >= 0.6 is 11.8 Å². The van der Waals surface area contributed by atoms with Crippen molar-refractivity contribution in [2.45, 2.75) is 18.7 Å². The number of aromatic nitrogens is 2. The van der Waals surface area contributed by atoms with E-state index in [2.05, 4.69) is 65.8 Å². The minimum Gasteiger partial charge on any atom is -0.154 e. The van der Waals surface area contributed by atoms with Crippen molar-refractivity contribution in [1.29, 1.82) is 0 Å². The molecular weight excluding hydrogens is 264 g/mol. The Hall–Kier alpha value is -1.87. The van der Waals surface area contributed by atoms with Crippen LogP contribution in [0.1, 0.15) is 11.3 Å². The molecule has 2 nitrogen and oxygen atoms in total. The Labute approximate surface area is 123 Å². The average molecular weight is 280 g/mol. The van der Waals surface area contributed by atoms with Crippen LogP contribution in [0, 0.1) is 13.8 Å². The van der Waals surface area contributed by atoms with Gasteiger partial charge < -0.3 is 0 Å². The molecule has 3 aromatic rings. The van der Waals surface area contributed by atoms with Crippen molar-refractivity contribution in [3.63, 3.8) is 0 Å². The molecule has 100 valence electrons. The van der Waals surface area contributed by atoms with Gasteiger partial charge in [-0.1, -0.05) is 36.4 Å². The van der Waals surface area contributed by atoms with Gasteiger partial charge >= 0.3 is 0 Å². The SMILES string of the molecule is CSc1c(C)nnc(-c2ccc3ccccc3c2)c1C. The van der Waals surface area contributed by atoms with Gasteiger partial charge in [-0.05, 0) is 42.5 Å². The first-order chi connectivity index (χ1) is 9.70. The zero-order valence-electron chi connectivity index (χ0n) is 11.8. The second-order valence-electron chi connectivity index (χ2n) is 4.85. The number of rotatable bonds is 2. The lowest BCUT2D eigenvalue weighted by atomic mass is 10.0. The molecule has 0 fully saturated rings. The van der Waals surface area contributed by atoms with E-state index in [4.69, 9.17) is 0 Å². The van der Waals surface area contributed by atoms with Crippen LogP contribution in [-0.4, -0.2) is 16.5 Å². The number of hydrogen-bond donors (Lipinski definition) is 0. The summed E-state index contributed by atoms with van der Waals surface area (Å²) in [6.07, 6.45) is 2.08. The van der Waals surface area contributed by atoms with Gasteiger partial charge in [-0.15, -0.1) is 16.9 Å². The molecule has 0 unspecified atom stereocenters. The molecule has 3 heteroatoms. The summed E-state index contributed by atoms with van der Waals surface area (Å²) in [5.41, 5.74) is 4.31. The highest BCUT2D eigenvalue weighted by Crippen LogP contribution is 2.31. The molecule has 0 bridgehead atoms. The van der Waals surface area contributed by atoms with Crippen molar-refractivity contribution >= 4 is 22.5 Å². The summed E-state index contributed by atoms with van der Waals surface area (Å²) in [6, 6.07) is 14.8. The lowest BCUT2D eigenvalue weighted by Crippen LogP contribution is -1.98. The van der Waals surface area contributed by atoms with E-state index < -0.39 is 0 Å². The van der Waals surface area contributed by atoms with Gasteiger partial charge in [0, 0.05) is 10.5 Å². The first kappa shape index (κ1) is 13.1. The Morgan fingerprint density at radius 1 is 0.900 bits per heavy atom. The van der Waals surface area contributed by atoms with Gasteiger partial charge in [0.2, 0.25) is 0 Å². The summed E-state index contributed by atoms with van der Waals surface area (Å²) in [6.45, 7) is 4.13. The van der Waals surface area contributed by atoms with Crippen molar-refractivity contribution in [1.82, 2.24) is 10.2 Å². The van der Waals surface area contributed by atoms with E-state index in [9.17, 15) is 0 Å². The van der Waals surface area contributed by atoms with Crippen molar-refractivity contribution in [2.75, 3.05) is 6.26 Å². The highest BCUT2D eigenvalue weighted by Gasteiger charge is 2.11. The number of nitrogens with zero attached hydrogens (tertiary/aromatic N) is 2. The maximum absolute atomic E-state index is 4.40. The summed E-state index contributed by atoms with van der Waals surface area (Å²) >= 11 is 1.73. The van der Waals surface area contributed by atoms with Crippen LogP contribution in [0.3, 0.4) is 0 Å². The van der Waals surface area contributed by atoms with E-state index in [0.29, 0.717) is 0 Å².